The van der Waals surface area contributed by atoms with Gasteiger partial charge >= 0.3 is 5.97 Å². The van der Waals surface area contributed by atoms with Crippen LogP contribution in [0.5, 0.6) is 0 Å². The van der Waals surface area contributed by atoms with Crippen molar-refractivity contribution < 1.29 is 14.3 Å². The van der Waals surface area contributed by atoms with Crippen molar-refractivity contribution in [3.63, 3.8) is 0 Å². The van der Waals surface area contributed by atoms with Gasteiger partial charge in [-0.05, 0) is 45.6 Å². The summed E-state index contributed by atoms with van der Waals surface area (Å²) in [7, 11) is 5.28. The normalized spacial score (nSPS) is 11.3. The molecule has 27 heavy (non-hydrogen) atoms. The van der Waals surface area contributed by atoms with Crippen molar-refractivity contribution in [1.29, 1.82) is 0 Å². The summed E-state index contributed by atoms with van der Waals surface area (Å²) >= 11 is 0. The van der Waals surface area contributed by atoms with Crippen LogP contribution in [0.2, 0.25) is 0 Å². The zero-order chi connectivity index (χ0) is 19.6. The van der Waals surface area contributed by atoms with Gasteiger partial charge < -0.3 is 19.9 Å². The summed E-state index contributed by atoms with van der Waals surface area (Å²) in [6.07, 6.45) is 0.824. The number of aromatic nitrogens is 2. The number of nitrogens with zero attached hydrogens (tertiary/aromatic N) is 2. The molecule has 7 heteroatoms. The highest BCUT2D eigenvalue weighted by molar-refractivity contribution is 6.17. The third kappa shape index (κ3) is 3.64. The Morgan fingerprint density at radius 2 is 1.96 bits per heavy atom. The second-order valence-electron chi connectivity index (χ2n) is 6.76. The number of para-hydroxylation sites is 1. The van der Waals surface area contributed by atoms with Gasteiger partial charge in [0.05, 0.1) is 12.6 Å². The maximum atomic E-state index is 12.8. The third-order valence-corrected chi connectivity index (χ3v) is 4.56. The van der Waals surface area contributed by atoms with Crippen LogP contribution < -0.4 is 5.32 Å². The molecule has 2 N–H and O–H groups in total. The maximum Gasteiger partial charge on any atom is 0.356 e. The molecule has 2 heterocycles. The van der Waals surface area contributed by atoms with E-state index in [0.29, 0.717) is 17.6 Å². The first-order chi connectivity index (χ1) is 12.9. The molecule has 142 valence electrons. The standard InChI is InChI=1S/C20H24N4O3/c1-12-15-13-8-5-6-9-14(13)22-17(15)18(23-16(12)20(26)27-4)19(25)21-10-7-11-24(2)3/h5-6,8-9,22H,7,10-11H2,1-4H3,(H,21,25). The summed E-state index contributed by atoms with van der Waals surface area (Å²) in [5.41, 5.74) is 2.58. The van der Waals surface area contributed by atoms with Crippen molar-refractivity contribution >= 4 is 33.7 Å². The summed E-state index contributed by atoms with van der Waals surface area (Å²) in [6.45, 7) is 3.22. The van der Waals surface area contributed by atoms with Gasteiger partial charge in [0, 0.05) is 22.8 Å². The van der Waals surface area contributed by atoms with Crippen LogP contribution in [0.15, 0.2) is 24.3 Å². The highest BCUT2D eigenvalue weighted by Gasteiger charge is 2.23. The number of hydrogen-bond donors (Lipinski definition) is 2. The molecule has 7 nitrogen and oxygen atoms in total. The summed E-state index contributed by atoms with van der Waals surface area (Å²) in [5, 5.41) is 4.66. The minimum absolute atomic E-state index is 0.160. The molecular formula is C20H24N4O3. The lowest BCUT2D eigenvalue weighted by atomic mass is 10.0. The number of amides is 1. The SMILES string of the molecule is COC(=O)c1nc(C(=O)NCCCN(C)C)c2[nH]c3ccccc3c2c1C. The molecule has 0 aliphatic heterocycles. The van der Waals surface area contributed by atoms with Crippen LogP contribution in [0.25, 0.3) is 21.8 Å². The first-order valence-corrected chi connectivity index (χ1v) is 8.86. The minimum atomic E-state index is -0.554. The van der Waals surface area contributed by atoms with Crippen molar-refractivity contribution in [2.45, 2.75) is 13.3 Å². The molecule has 0 saturated carbocycles. The Kier molecular flexibility index (Phi) is 5.41. The van der Waals surface area contributed by atoms with Gasteiger partial charge in [0.2, 0.25) is 0 Å². The van der Waals surface area contributed by atoms with Gasteiger partial charge in [-0.2, -0.15) is 0 Å². The molecule has 0 aliphatic carbocycles. The second kappa shape index (κ2) is 7.75. The highest BCUT2D eigenvalue weighted by atomic mass is 16.5. The molecule has 3 rings (SSSR count). The van der Waals surface area contributed by atoms with E-state index in [-0.39, 0.29) is 17.3 Å². The van der Waals surface area contributed by atoms with Crippen LogP contribution in [0.1, 0.15) is 33.0 Å². The fourth-order valence-corrected chi connectivity index (χ4v) is 3.22. The smallest absolute Gasteiger partial charge is 0.356 e. The number of pyridine rings is 1. The zero-order valence-electron chi connectivity index (χ0n) is 16.0. The van der Waals surface area contributed by atoms with E-state index >= 15 is 0 Å². The van der Waals surface area contributed by atoms with Crippen LogP contribution in [-0.2, 0) is 4.74 Å². The maximum absolute atomic E-state index is 12.8. The van der Waals surface area contributed by atoms with E-state index in [0.717, 1.165) is 29.3 Å². The Balaban J connectivity index is 2.09. The first kappa shape index (κ1) is 18.8. The number of carbonyl (C=O) groups is 2. The van der Waals surface area contributed by atoms with Crippen LogP contribution in [-0.4, -0.2) is 61.0 Å². The van der Waals surface area contributed by atoms with Gasteiger partial charge in [-0.3, -0.25) is 4.79 Å². The monoisotopic (exact) mass is 368 g/mol. The van der Waals surface area contributed by atoms with E-state index in [1.165, 1.54) is 7.11 Å². The lowest BCUT2D eigenvalue weighted by Crippen LogP contribution is -2.28. The highest BCUT2D eigenvalue weighted by Crippen LogP contribution is 2.31. The van der Waals surface area contributed by atoms with Gasteiger partial charge in [-0.15, -0.1) is 0 Å². The lowest BCUT2D eigenvalue weighted by Gasteiger charge is -2.12. The molecule has 2 aromatic heterocycles. The number of esters is 1. The number of rotatable bonds is 6. The predicted molar refractivity (Wildman–Crippen MR) is 105 cm³/mol. The summed E-state index contributed by atoms with van der Waals surface area (Å²) < 4.78 is 4.87. The predicted octanol–water partition coefficient (Wildman–Crippen LogP) is 2.49. The Bertz CT molecular complexity index is 1010. The number of benzene rings is 1. The lowest BCUT2D eigenvalue weighted by molar-refractivity contribution is 0.0593. The van der Waals surface area contributed by atoms with E-state index < -0.39 is 5.97 Å². The summed E-state index contributed by atoms with van der Waals surface area (Å²) in [4.78, 5) is 34.7. The van der Waals surface area contributed by atoms with E-state index in [2.05, 4.69) is 20.2 Å². The largest absolute Gasteiger partial charge is 0.464 e. The molecule has 0 atom stereocenters. The Morgan fingerprint density at radius 3 is 2.67 bits per heavy atom. The van der Waals surface area contributed by atoms with Crippen LogP contribution in [0.3, 0.4) is 0 Å². The Morgan fingerprint density at radius 1 is 1.22 bits per heavy atom. The van der Waals surface area contributed by atoms with Gasteiger partial charge in [0.1, 0.15) is 0 Å². The summed E-state index contributed by atoms with van der Waals surface area (Å²) in [6, 6.07) is 7.74. The molecule has 0 spiro atoms. The van der Waals surface area contributed by atoms with Crippen molar-refractivity contribution in [2.24, 2.45) is 0 Å². The average Bonchev–Trinajstić information content (AvgIpc) is 3.04. The Labute approximate surface area is 157 Å². The summed E-state index contributed by atoms with van der Waals surface area (Å²) in [5.74, 6) is -0.864. The number of methoxy groups -OCH3 is 1. The van der Waals surface area contributed by atoms with Crippen LogP contribution in [0.4, 0.5) is 0 Å². The van der Waals surface area contributed by atoms with Crippen molar-refractivity contribution in [3.05, 3.63) is 41.2 Å². The molecule has 3 aromatic rings. The number of aryl methyl sites for hydroxylation is 1. The molecule has 0 saturated heterocycles. The second-order valence-corrected chi connectivity index (χ2v) is 6.76. The molecule has 0 bridgehead atoms. The number of aromatic amines is 1. The van der Waals surface area contributed by atoms with E-state index in [9.17, 15) is 9.59 Å². The fourth-order valence-electron chi connectivity index (χ4n) is 3.22. The molecule has 1 aromatic carbocycles. The van der Waals surface area contributed by atoms with E-state index in [1.54, 1.807) is 0 Å². The number of carbonyl (C=O) groups excluding carboxylic acids is 2. The molecular weight excluding hydrogens is 344 g/mol. The Hall–Kier alpha value is -2.93. The van der Waals surface area contributed by atoms with Crippen molar-refractivity contribution in [1.82, 2.24) is 20.2 Å². The molecule has 0 aliphatic rings. The third-order valence-electron chi connectivity index (χ3n) is 4.56. The zero-order valence-corrected chi connectivity index (χ0v) is 16.0. The van der Waals surface area contributed by atoms with Crippen LogP contribution in [0, 0.1) is 6.92 Å². The average molecular weight is 368 g/mol. The number of nitrogens with one attached hydrogen (secondary N) is 2. The number of H-pyrrole nitrogens is 1. The number of hydrogen-bond acceptors (Lipinski definition) is 5. The molecule has 0 radical (unpaired) electrons. The van der Waals surface area contributed by atoms with Crippen molar-refractivity contribution in [2.75, 3.05) is 34.3 Å². The molecule has 0 fully saturated rings. The quantitative estimate of drug-likeness (QED) is 0.516. The van der Waals surface area contributed by atoms with E-state index in [1.807, 2.05) is 45.3 Å². The fraction of sp³-hybridized carbons (Fsp3) is 0.350. The van der Waals surface area contributed by atoms with Crippen LogP contribution >= 0.6 is 0 Å². The first-order valence-electron chi connectivity index (χ1n) is 8.86. The number of fused-ring (bicyclic) bond motifs is 3. The van der Waals surface area contributed by atoms with Gasteiger partial charge in [0.25, 0.3) is 5.91 Å². The van der Waals surface area contributed by atoms with Crippen molar-refractivity contribution in [3.8, 4) is 0 Å². The molecule has 0 unspecified atom stereocenters. The topological polar surface area (TPSA) is 87.3 Å². The van der Waals surface area contributed by atoms with Gasteiger partial charge in [-0.25, -0.2) is 9.78 Å². The van der Waals surface area contributed by atoms with E-state index in [4.69, 9.17) is 4.74 Å². The van der Waals surface area contributed by atoms with Gasteiger partial charge in [-0.1, -0.05) is 18.2 Å². The van der Waals surface area contributed by atoms with Gasteiger partial charge in [0.15, 0.2) is 11.4 Å². The number of ether oxygens (including phenoxy) is 1. The minimum Gasteiger partial charge on any atom is -0.464 e. The molecule has 1 amide bonds.